The summed E-state index contributed by atoms with van der Waals surface area (Å²) < 4.78 is 0.952. The van der Waals surface area contributed by atoms with Crippen LogP contribution in [0.1, 0.15) is 19.5 Å². The molecule has 0 fully saturated rings. The Morgan fingerprint density at radius 2 is 2.08 bits per heavy atom. The topological polar surface area (TPSA) is 50.7 Å². The third kappa shape index (κ3) is 4.69. The van der Waals surface area contributed by atoms with Crippen LogP contribution in [-0.2, 0) is 5.75 Å². The minimum atomic E-state index is 0.586. The van der Waals surface area contributed by atoms with Gasteiger partial charge in [0, 0.05) is 23.2 Å². The third-order valence-electron chi connectivity index (χ3n) is 3.07. The van der Waals surface area contributed by atoms with Gasteiger partial charge in [0.05, 0.1) is 10.7 Å². The maximum atomic E-state index is 6.23. The van der Waals surface area contributed by atoms with Crippen molar-refractivity contribution in [1.29, 1.82) is 0 Å². The Morgan fingerprint density at radius 1 is 1.25 bits per heavy atom. The summed E-state index contributed by atoms with van der Waals surface area (Å²) in [5.41, 5.74) is 2.02. The van der Waals surface area contributed by atoms with E-state index in [1.54, 1.807) is 34.4 Å². The molecule has 0 radical (unpaired) electrons. The lowest BCUT2D eigenvalue weighted by molar-refractivity contribution is 0.687. The minimum Gasteiger partial charge on any atom is -0.360 e. The number of anilines is 1. The fraction of sp³-hybridized carbons (Fsp3) is 0.312. The molecular formula is C16H17ClN4S3. The molecule has 0 spiro atoms. The number of thiazole rings is 1. The number of rotatable bonds is 7. The van der Waals surface area contributed by atoms with E-state index in [2.05, 4.69) is 39.7 Å². The first kappa shape index (κ1) is 17.7. The van der Waals surface area contributed by atoms with E-state index < -0.39 is 0 Å². The van der Waals surface area contributed by atoms with E-state index in [1.807, 2.05) is 24.3 Å². The zero-order valence-electron chi connectivity index (χ0n) is 13.3. The molecule has 0 amide bonds. The van der Waals surface area contributed by atoms with Crippen LogP contribution in [0.15, 0.2) is 34.0 Å². The summed E-state index contributed by atoms with van der Waals surface area (Å²) in [6, 6.07) is 7.79. The maximum Gasteiger partial charge on any atom is 0.206 e. The Kier molecular flexibility index (Phi) is 6.10. The van der Waals surface area contributed by atoms with Crippen LogP contribution in [0, 0.1) is 5.92 Å². The molecule has 0 saturated carbocycles. The second-order valence-corrected chi connectivity index (χ2v) is 9.03. The first-order chi connectivity index (χ1) is 11.6. The predicted octanol–water partition coefficient (Wildman–Crippen LogP) is 5.68. The number of thioether (sulfide) groups is 1. The largest absolute Gasteiger partial charge is 0.360 e. The SMILES string of the molecule is CC(C)CNc1nnc(SCc2csc(-c3ccccc3Cl)n2)s1. The van der Waals surface area contributed by atoms with Gasteiger partial charge < -0.3 is 5.32 Å². The summed E-state index contributed by atoms with van der Waals surface area (Å²) in [6.45, 7) is 5.25. The molecule has 8 heteroatoms. The van der Waals surface area contributed by atoms with Gasteiger partial charge in [-0.15, -0.1) is 21.5 Å². The first-order valence-corrected chi connectivity index (χ1v) is 10.6. The summed E-state index contributed by atoms with van der Waals surface area (Å²) in [5, 5.41) is 16.3. The quantitative estimate of drug-likeness (QED) is 0.521. The van der Waals surface area contributed by atoms with Crippen molar-refractivity contribution in [2.24, 2.45) is 5.92 Å². The summed E-state index contributed by atoms with van der Waals surface area (Å²) in [5.74, 6) is 1.36. The second kappa shape index (κ2) is 8.29. The fourth-order valence-corrected chi connectivity index (χ4v) is 4.79. The summed E-state index contributed by atoms with van der Waals surface area (Å²) in [4.78, 5) is 4.68. The Morgan fingerprint density at radius 3 is 2.88 bits per heavy atom. The van der Waals surface area contributed by atoms with E-state index in [-0.39, 0.29) is 0 Å². The number of hydrogen-bond acceptors (Lipinski definition) is 7. The molecule has 0 aliphatic rings. The smallest absolute Gasteiger partial charge is 0.206 e. The van der Waals surface area contributed by atoms with Gasteiger partial charge in [-0.2, -0.15) is 0 Å². The van der Waals surface area contributed by atoms with Gasteiger partial charge in [0.2, 0.25) is 5.13 Å². The van der Waals surface area contributed by atoms with Crippen molar-refractivity contribution in [3.8, 4) is 10.6 Å². The van der Waals surface area contributed by atoms with E-state index in [4.69, 9.17) is 11.6 Å². The van der Waals surface area contributed by atoms with Gasteiger partial charge >= 0.3 is 0 Å². The van der Waals surface area contributed by atoms with E-state index in [1.165, 1.54) is 0 Å². The maximum absolute atomic E-state index is 6.23. The molecule has 0 atom stereocenters. The number of aromatic nitrogens is 3. The Hall–Kier alpha value is -1.15. The normalized spacial score (nSPS) is 11.2. The highest BCUT2D eigenvalue weighted by Gasteiger charge is 2.10. The van der Waals surface area contributed by atoms with Crippen LogP contribution in [0.4, 0.5) is 5.13 Å². The average molecular weight is 397 g/mol. The summed E-state index contributed by atoms with van der Waals surface area (Å²) in [6.07, 6.45) is 0. The molecule has 3 aromatic rings. The van der Waals surface area contributed by atoms with Crippen LogP contribution in [0.25, 0.3) is 10.6 Å². The third-order valence-corrected chi connectivity index (χ3v) is 6.37. The number of hydrogen-bond donors (Lipinski definition) is 1. The van der Waals surface area contributed by atoms with Crippen LogP contribution < -0.4 is 5.32 Å². The molecule has 0 bridgehead atoms. The summed E-state index contributed by atoms with van der Waals surface area (Å²) >= 11 is 11.1. The zero-order valence-corrected chi connectivity index (χ0v) is 16.5. The summed E-state index contributed by atoms with van der Waals surface area (Å²) in [7, 11) is 0. The number of halogens is 1. The van der Waals surface area contributed by atoms with Crippen LogP contribution in [0.5, 0.6) is 0 Å². The van der Waals surface area contributed by atoms with Crippen molar-refractivity contribution in [2.45, 2.75) is 23.9 Å². The second-order valence-electron chi connectivity index (χ2n) is 5.56. The molecule has 4 nitrogen and oxygen atoms in total. The van der Waals surface area contributed by atoms with E-state index in [0.29, 0.717) is 5.92 Å². The molecule has 2 aromatic heterocycles. The molecule has 0 aliphatic carbocycles. The van der Waals surface area contributed by atoms with Gasteiger partial charge in [-0.3, -0.25) is 0 Å². The number of nitrogens with one attached hydrogen (secondary N) is 1. The molecule has 0 unspecified atom stereocenters. The van der Waals surface area contributed by atoms with Crippen molar-refractivity contribution >= 4 is 51.2 Å². The van der Waals surface area contributed by atoms with Gasteiger partial charge in [-0.05, 0) is 12.0 Å². The molecule has 2 heterocycles. The first-order valence-electron chi connectivity index (χ1n) is 7.51. The van der Waals surface area contributed by atoms with Crippen LogP contribution in [0.3, 0.4) is 0 Å². The molecule has 24 heavy (non-hydrogen) atoms. The molecule has 1 aromatic carbocycles. The van der Waals surface area contributed by atoms with Crippen molar-refractivity contribution in [1.82, 2.24) is 15.2 Å². The van der Waals surface area contributed by atoms with Crippen LogP contribution >= 0.6 is 46.0 Å². The van der Waals surface area contributed by atoms with Crippen molar-refractivity contribution in [3.05, 3.63) is 40.4 Å². The van der Waals surface area contributed by atoms with E-state index >= 15 is 0 Å². The van der Waals surface area contributed by atoms with Crippen LogP contribution in [0.2, 0.25) is 5.02 Å². The number of benzene rings is 1. The lowest BCUT2D eigenvalue weighted by Crippen LogP contribution is -2.07. The van der Waals surface area contributed by atoms with Gasteiger partial charge in [0.1, 0.15) is 5.01 Å². The molecular weight excluding hydrogens is 380 g/mol. The Balaban J connectivity index is 1.59. The van der Waals surface area contributed by atoms with Gasteiger partial charge in [-0.25, -0.2) is 4.98 Å². The van der Waals surface area contributed by atoms with Gasteiger partial charge in [-0.1, -0.05) is 66.7 Å². The Labute approximate surface area is 158 Å². The lowest BCUT2D eigenvalue weighted by atomic mass is 10.2. The highest BCUT2D eigenvalue weighted by atomic mass is 35.5. The lowest BCUT2D eigenvalue weighted by Gasteiger charge is -2.03. The van der Waals surface area contributed by atoms with Crippen molar-refractivity contribution in [2.75, 3.05) is 11.9 Å². The van der Waals surface area contributed by atoms with Crippen molar-refractivity contribution in [3.63, 3.8) is 0 Å². The standard InChI is InChI=1S/C16H17ClN4S3/c1-10(2)7-18-15-20-21-16(24-15)23-9-11-8-22-14(19-11)12-5-3-4-6-13(12)17/h3-6,8,10H,7,9H2,1-2H3,(H,18,20). The number of nitrogens with zero attached hydrogens (tertiary/aromatic N) is 3. The molecule has 0 aliphatic heterocycles. The highest BCUT2D eigenvalue weighted by Crippen LogP contribution is 2.33. The van der Waals surface area contributed by atoms with Gasteiger partial charge in [0.25, 0.3) is 0 Å². The predicted molar refractivity (Wildman–Crippen MR) is 105 cm³/mol. The molecule has 126 valence electrons. The zero-order chi connectivity index (χ0) is 16.9. The monoisotopic (exact) mass is 396 g/mol. The van der Waals surface area contributed by atoms with Crippen molar-refractivity contribution < 1.29 is 0 Å². The van der Waals surface area contributed by atoms with Gasteiger partial charge in [0.15, 0.2) is 4.34 Å². The fourth-order valence-electron chi connectivity index (χ4n) is 1.90. The molecule has 3 rings (SSSR count). The average Bonchev–Trinajstić information content (AvgIpc) is 3.21. The van der Waals surface area contributed by atoms with Crippen LogP contribution in [-0.4, -0.2) is 21.7 Å². The van der Waals surface area contributed by atoms with E-state index in [9.17, 15) is 0 Å². The molecule has 0 saturated heterocycles. The highest BCUT2D eigenvalue weighted by molar-refractivity contribution is 8.00. The van der Waals surface area contributed by atoms with E-state index in [0.717, 1.165) is 43.1 Å². The Bertz CT molecular complexity index is 800. The molecule has 1 N–H and O–H groups in total. The minimum absolute atomic E-state index is 0.586.